The number of benzene rings is 2. The lowest BCUT2D eigenvalue weighted by Gasteiger charge is -2.21. The Kier molecular flexibility index (Phi) is 4.93. The second-order valence-corrected chi connectivity index (χ2v) is 5.58. The minimum Gasteiger partial charge on any atom is -0.348 e. The van der Waals surface area contributed by atoms with Gasteiger partial charge in [0, 0.05) is 23.8 Å². The summed E-state index contributed by atoms with van der Waals surface area (Å²) in [6, 6.07) is 18.2. The average Bonchev–Trinajstić information content (AvgIpc) is 2.40. The van der Waals surface area contributed by atoms with E-state index in [0.717, 1.165) is 16.7 Å². The van der Waals surface area contributed by atoms with E-state index in [9.17, 15) is 0 Å². The van der Waals surface area contributed by atoms with E-state index in [1.165, 1.54) is 5.56 Å². The van der Waals surface area contributed by atoms with Crippen LogP contribution in [-0.4, -0.2) is 17.1 Å². The highest BCUT2D eigenvalue weighted by Gasteiger charge is 2.05. The third-order valence-electron chi connectivity index (χ3n) is 2.68. The van der Waals surface area contributed by atoms with Gasteiger partial charge in [-0.25, -0.2) is 0 Å². The first kappa shape index (κ1) is 14.0. The van der Waals surface area contributed by atoms with Crippen LogP contribution in [0.15, 0.2) is 59.1 Å². The second-order valence-electron chi connectivity index (χ2n) is 4.28. The molecule has 0 aliphatic carbocycles. The molecule has 0 radical (unpaired) electrons. The molecule has 0 aliphatic rings. The molecule has 0 saturated heterocycles. The van der Waals surface area contributed by atoms with Gasteiger partial charge in [0.15, 0.2) is 5.11 Å². The van der Waals surface area contributed by atoms with Crippen LogP contribution >= 0.6 is 28.1 Å². The Morgan fingerprint density at radius 1 is 1.16 bits per heavy atom. The number of hydrogen-bond donors (Lipinski definition) is 1. The maximum Gasteiger partial charge on any atom is 0.173 e. The molecule has 0 amide bonds. The van der Waals surface area contributed by atoms with E-state index in [1.54, 1.807) is 0 Å². The van der Waals surface area contributed by atoms with Crippen LogP contribution in [0.2, 0.25) is 0 Å². The molecule has 0 aromatic heterocycles. The molecule has 2 aromatic rings. The fraction of sp³-hybridized carbons (Fsp3) is 0.133. The lowest BCUT2D eigenvalue weighted by molar-refractivity contribution is 0.508. The molecule has 2 nitrogen and oxygen atoms in total. The van der Waals surface area contributed by atoms with Crippen LogP contribution in [0.3, 0.4) is 0 Å². The summed E-state index contributed by atoms with van der Waals surface area (Å²) in [4.78, 5) is 2.02. The average molecular weight is 335 g/mol. The predicted octanol–water partition coefficient (Wildman–Crippen LogP) is 4.28. The smallest absolute Gasteiger partial charge is 0.173 e. The van der Waals surface area contributed by atoms with Crippen molar-refractivity contribution >= 4 is 38.9 Å². The number of anilines is 1. The molecule has 0 spiro atoms. The Morgan fingerprint density at radius 3 is 2.58 bits per heavy atom. The highest BCUT2D eigenvalue weighted by molar-refractivity contribution is 9.10. The standard InChI is InChI=1S/C15H15BrN2S/c1-18(11-12-6-5-7-13(16)10-12)15(19)17-14-8-3-2-4-9-14/h2-10H,11H2,1H3,(H,17,19). The quantitative estimate of drug-likeness (QED) is 0.843. The Labute approximate surface area is 127 Å². The van der Waals surface area contributed by atoms with Gasteiger partial charge in [0.1, 0.15) is 0 Å². The lowest BCUT2D eigenvalue weighted by Crippen LogP contribution is -2.30. The first-order valence-electron chi connectivity index (χ1n) is 5.97. The van der Waals surface area contributed by atoms with Crippen molar-refractivity contribution in [2.75, 3.05) is 12.4 Å². The highest BCUT2D eigenvalue weighted by Crippen LogP contribution is 2.14. The molecule has 0 heterocycles. The molecule has 0 atom stereocenters. The van der Waals surface area contributed by atoms with E-state index >= 15 is 0 Å². The highest BCUT2D eigenvalue weighted by atomic mass is 79.9. The predicted molar refractivity (Wildman–Crippen MR) is 88.3 cm³/mol. The zero-order valence-corrected chi connectivity index (χ0v) is 13.0. The van der Waals surface area contributed by atoms with Crippen LogP contribution in [-0.2, 0) is 6.54 Å². The SMILES string of the molecule is CN(Cc1cccc(Br)c1)C(=S)Nc1ccccc1. The number of nitrogens with zero attached hydrogens (tertiary/aromatic N) is 1. The number of nitrogens with one attached hydrogen (secondary N) is 1. The van der Waals surface area contributed by atoms with Gasteiger partial charge in [0.25, 0.3) is 0 Å². The van der Waals surface area contributed by atoms with Gasteiger partial charge < -0.3 is 10.2 Å². The number of thiocarbonyl (C=S) groups is 1. The number of halogens is 1. The van der Waals surface area contributed by atoms with Crippen molar-refractivity contribution in [3.63, 3.8) is 0 Å². The van der Waals surface area contributed by atoms with Crippen LogP contribution in [0.25, 0.3) is 0 Å². The van der Waals surface area contributed by atoms with Crippen molar-refractivity contribution in [1.82, 2.24) is 4.90 Å². The first-order valence-corrected chi connectivity index (χ1v) is 7.17. The van der Waals surface area contributed by atoms with Crippen LogP contribution in [0, 0.1) is 0 Å². The minimum absolute atomic E-state index is 0.714. The zero-order chi connectivity index (χ0) is 13.7. The van der Waals surface area contributed by atoms with E-state index in [0.29, 0.717) is 5.11 Å². The summed E-state index contributed by atoms with van der Waals surface area (Å²) in [6.07, 6.45) is 0. The molecule has 2 aromatic carbocycles. The molecule has 0 fully saturated rings. The Morgan fingerprint density at radius 2 is 1.89 bits per heavy atom. The molecular formula is C15H15BrN2S. The van der Waals surface area contributed by atoms with Crippen molar-refractivity contribution in [1.29, 1.82) is 0 Å². The van der Waals surface area contributed by atoms with Crippen molar-refractivity contribution in [2.45, 2.75) is 6.54 Å². The van der Waals surface area contributed by atoms with Gasteiger partial charge in [-0.2, -0.15) is 0 Å². The van der Waals surface area contributed by atoms with E-state index < -0.39 is 0 Å². The van der Waals surface area contributed by atoms with Gasteiger partial charge in [0.05, 0.1) is 0 Å². The largest absolute Gasteiger partial charge is 0.348 e. The van der Waals surface area contributed by atoms with Gasteiger partial charge in [0.2, 0.25) is 0 Å². The van der Waals surface area contributed by atoms with Crippen molar-refractivity contribution < 1.29 is 0 Å². The monoisotopic (exact) mass is 334 g/mol. The van der Waals surface area contributed by atoms with Crippen LogP contribution < -0.4 is 5.32 Å². The summed E-state index contributed by atoms with van der Waals surface area (Å²) in [7, 11) is 1.99. The summed E-state index contributed by atoms with van der Waals surface area (Å²) in [6.45, 7) is 0.776. The summed E-state index contributed by atoms with van der Waals surface area (Å²) >= 11 is 8.87. The fourth-order valence-electron chi connectivity index (χ4n) is 1.72. The molecule has 0 unspecified atom stereocenters. The minimum atomic E-state index is 0.714. The summed E-state index contributed by atoms with van der Waals surface area (Å²) in [5, 5.41) is 3.94. The molecular weight excluding hydrogens is 320 g/mol. The van der Waals surface area contributed by atoms with E-state index in [1.807, 2.05) is 54.4 Å². The summed E-state index contributed by atoms with van der Waals surface area (Å²) < 4.78 is 1.08. The maximum atomic E-state index is 5.39. The maximum absolute atomic E-state index is 5.39. The Hall–Kier alpha value is -1.39. The van der Waals surface area contributed by atoms with E-state index in [-0.39, 0.29) is 0 Å². The molecule has 0 bridgehead atoms. The normalized spacial score (nSPS) is 10.0. The molecule has 1 N–H and O–H groups in total. The summed E-state index contributed by atoms with van der Waals surface area (Å²) in [5.41, 5.74) is 2.22. The molecule has 98 valence electrons. The summed E-state index contributed by atoms with van der Waals surface area (Å²) in [5.74, 6) is 0. The second kappa shape index (κ2) is 6.68. The molecule has 0 aliphatic heterocycles. The van der Waals surface area contributed by atoms with Gasteiger partial charge in [-0.1, -0.05) is 46.3 Å². The van der Waals surface area contributed by atoms with Gasteiger partial charge in [-0.15, -0.1) is 0 Å². The number of hydrogen-bond acceptors (Lipinski definition) is 1. The van der Waals surface area contributed by atoms with Gasteiger partial charge in [-0.3, -0.25) is 0 Å². The Bertz CT molecular complexity index is 557. The molecule has 19 heavy (non-hydrogen) atoms. The van der Waals surface area contributed by atoms with E-state index in [4.69, 9.17) is 12.2 Å². The number of para-hydroxylation sites is 1. The van der Waals surface area contributed by atoms with Crippen LogP contribution in [0.4, 0.5) is 5.69 Å². The number of rotatable bonds is 3. The van der Waals surface area contributed by atoms with Crippen molar-refractivity contribution in [2.24, 2.45) is 0 Å². The third-order valence-corrected chi connectivity index (χ3v) is 3.59. The van der Waals surface area contributed by atoms with Gasteiger partial charge >= 0.3 is 0 Å². The topological polar surface area (TPSA) is 15.3 Å². The van der Waals surface area contributed by atoms with Crippen molar-refractivity contribution in [3.05, 3.63) is 64.6 Å². The molecule has 4 heteroatoms. The third kappa shape index (κ3) is 4.33. The Balaban J connectivity index is 1.96. The van der Waals surface area contributed by atoms with E-state index in [2.05, 4.69) is 33.4 Å². The molecule has 0 saturated carbocycles. The fourth-order valence-corrected chi connectivity index (χ4v) is 2.35. The zero-order valence-electron chi connectivity index (χ0n) is 10.6. The van der Waals surface area contributed by atoms with Crippen LogP contribution in [0.5, 0.6) is 0 Å². The van der Waals surface area contributed by atoms with Gasteiger partial charge in [-0.05, 0) is 42.0 Å². The molecule has 2 rings (SSSR count). The first-order chi connectivity index (χ1) is 9.15. The van der Waals surface area contributed by atoms with Crippen LogP contribution in [0.1, 0.15) is 5.56 Å². The lowest BCUT2D eigenvalue weighted by atomic mass is 10.2. The van der Waals surface area contributed by atoms with Crippen molar-refractivity contribution in [3.8, 4) is 0 Å².